The molecule has 0 aliphatic heterocycles. The van der Waals surface area contributed by atoms with Gasteiger partial charge in [0.2, 0.25) is 5.91 Å². The molecule has 9 heteroatoms. The zero-order valence-electron chi connectivity index (χ0n) is 13.9. The summed E-state index contributed by atoms with van der Waals surface area (Å²) < 4.78 is 36.7. The standard InChI is InChI=1S/C18H15F3N4O2/c19-18(20,21)11-24-17(27)14-6-1-2-7-15(14)23-10-16(26)25-13-5-3-4-12(8-13)9-22/h1-8,23H,10-11H2,(H,24,27)(H,25,26). The predicted octanol–water partition coefficient (Wildman–Crippen LogP) is 2.90. The Bertz CT molecular complexity index is 875. The van der Waals surface area contributed by atoms with E-state index in [0.29, 0.717) is 11.3 Å². The number of anilines is 2. The van der Waals surface area contributed by atoms with Crippen LogP contribution in [0.25, 0.3) is 0 Å². The lowest BCUT2D eigenvalue weighted by atomic mass is 10.1. The third kappa shape index (κ3) is 6.36. The Morgan fingerprint density at radius 1 is 1.07 bits per heavy atom. The molecule has 0 aliphatic carbocycles. The van der Waals surface area contributed by atoms with Gasteiger partial charge >= 0.3 is 6.18 Å². The molecule has 0 radical (unpaired) electrons. The first-order chi connectivity index (χ1) is 12.8. The fraction of sp³-hybridized carbons (Fsp3) is 0.167. The SMILES string of the molecule is N#Cc1cccc(NC(=O)CNc2ccccc2C(=O)NCC(F)(F)F)c1. The average Bonchev–Trinajstić information content (AvgIpc) is 2.64. The van der Waals surface area contributed by atoms with E-state index in [1.807, 2.05) is 6.07 Å². The van der Waals surface area contributed by atoms with Gasteiger partial charge in [-0.3, -0.25) is 9.59 Å². The third-order valence-corrected chi connectivity index (χ3v) is 3.34. The first-order valence-electron chi connectivity index (χ1n) is 7.76. The fourth-order valence-electron chi connectivity index (χ4n) is 2.16. The minimum Gasteiger partial charge on any atom is -0.376 e. The fourth-order valence-corrected chi connectivity index (χ4v) is 2.16. The summed E-state index contributed by atoms with van der Waals surface area (Å²) in [5.41, 5.74) is 1.02. The molecule has 0 aliphatic rings. The van der Waals surface area contributed by atoms with Gasteiger partial charge in [0.15, 0.2) is 0 Å². The van der Waals surface area contributed by atoms with Gasteiger partial charge < -0.3 is 16.0 Å². The lowest BCUT2D eigenvalue weighted by Crippen LogP contribution is -2.34. The molecule has 0 aromatic heterocycles. The smallest absolute Gasteiger partial charge is 0.376 e. The summed E-state index contributed by atoms with van der Waals surface area (Å²) >= 11 is 0. The van der Waals surface area contributed by atoms with E-state index in [1.54, 1.807) is 29.6 Å². The van der Waals surface area contributed by atoms with Crippen LogP contribution in [0.4, 0.5) is 24.5 Å². The maximum atomic E-state index is 12.2. The van der Waals surface area contributed by atoms with Crippen molar-refractivity contribution in [3.63, 3.8) is 0 Å². The molecular weight excluding hydrogens is 361 g/mol. The number of nitrogens with zero attached hydrogens (tertiary/aromatic N) is 1. The summed E-state index contributed by atoms with van der Waals surface area (Å²) in [6, 6.07) is 14.2. The van der Waals surface area contributed by atoms with Crippen molar-refractivity contribution >= 4 is 23.2 Å². The van der Waals surface area contributed by atoms with Crippen molar-refractivity contribution in [3.8, 4) is 6.07 Å². The number of carbonyl (C=O) groups is 2. The van der Waals surface area contributed by atoms with E-state index in [2.05, 4.69) is 10.6 Å². The maximum Gasteiger partial charge on any atom is 0.405 e. The van der Waals surface area contributed by atoms with E-state index < -0.39 is 24.5 Å². The number of nitriles is 1. The molecule has 2 rings (SSSR count). The monoisotopic (exact) mass is 376 g/mol. The molecule has 2 aromatic carbocycles. The van der Waals surface area contributed by atoms with Gasteiger partial charge in [-0.1, -0.05) is 18.2 Å². The van der Waals surface area contributed by atoms with Crippen LogP contribution in [0.2, 0.25) is 0 Å². The molecule has 27 heavy (non-hydrogen) atoms. The molecule has 0 unspecified atom stereocenters. The number of halogens is 3. The molecule has 3 N–H and O–H groups in total. The number of carbonyl (C=O) groups excluding carboxylic acids is 2. The normalized spacial score (nSPS) is 10.6. The summed E-state index contributed by atoms with van der Waals surface area (Å²) in [5.74, 6) is -1.35. The van der Waals surface area contributed by atoms with Crippen molar-refractivity contribution < 1.29 is 22.8 Å². The van der Waals surface area contributed by atoms with Gasteiger partial charge in [-0.25, -0.2) is 0 Å². The van der Waals surface area contributed by atoms with Crippen molar-refractivity contribution in [1.82, 2.24) is 5.32 Å². The zero-order chi connectivity index (χ0) is 19.9. The van der Waals surface area contributed by atoms with E-state index in [-0.39, 0.29) is 17.8 Å². The number of hydrogen-bond donors (Lipinski definition) is 3. The Kier molecular flexibility index (Phi) is 6.38. The van der Waals surface area contributed by atoms with Gasteiger partial charge in [0.25, 0.3) is 5.91 Å². The molecule has 0 heterocycles. The van der Waals surface area contributed by atoms with Crippen molar-refractivity contribution in [3.05, 3.63) is 59.7 Å². The predicted molar refractivity (Wildman–Crippen MR) is 93.1 cm³/mol. The molecule has 0 spiro atoms. The Labute approximate surface area is 153 Å². The molecule has 2 amide bonds. The second-order valence-corrected chi connectivity index (χ2v) is 5.44. The summed E-state index contributed by atoms with van der Waals surface area (Å²) in [6.07, 6.45) is -4.52. The van der Waals surface area contributed by atoms with Crippen molar-refractivity contribution in [2.45, 2.75) is 6.18 Å². The molecule has 2 aromatic rings. The molecule has 0 saturated heterocycles. The second kappa shape index (κ2) is 8.71. The molecule has 140 valence electrons. The van der Waals surface area contributed by atoms with Crippen molar-refractivity contribution in [2.24, 2.45) is 0 Å². The van der Waals surface area contributed by atoms with Crippen LogP contribution in [0.3, 0.4) is 0 Å². The largest absolute Gasteiger partial charge is 0.405 e. The number of benzene rings is 2. The minimum atomic E-state index is -4.52. The average molecular weight is 376 g/mol. The highest BCUT2D eigenvalue weighted by atomic mass is 19.4. The van der Waals surface area contributed by atoms with Crippen LogP contribution in [0.15, 0.2) is 48.5 Å². The topological polar surface area (TPSA) is 94.0 Å². The van der Waals surface area contributed by atoms with Crippen LogP contribution < -0.4 is 16.0 Å². The molecule has 0 atom stereocenters. The van der Waals surface area contributed by atoms with Crippen LogP contribution in [0.5, 0.6) is 0 Å². The quantitative estimate of drug-likeness (QED) is 0.723. The lowest BCUT2D eigenvalue weighted by molar-refractivity contribution is -0.123. The van der Waals surface area contributed by atoms with Crippen LogP contribution in [0.1, 0.15) is 15.9 Å². The highest BCUT2D eigenvalue weighted by Crippen LogP contribution is 2.17. The number of alkyl halides is 3. The summed E-state index contributed by atoms with van der Waals surface area (Å²) in [5, 5.41) is 15.9. The summed E-state index contributed by atoms with van der Waals surface area (Å²) in [6.45, 7) is -1.67. The molecule has 0 bridgehead atoms. The zero-order valence-corrected chi connectivity index (χ0v) is 13.9. The van der Waals surface area contributed by atoms with Gasteiger partial charge in [-0.15, -0.1) is 0 Å². The van der Waals surface area contributed by atoms with Crippen molar-refractivity contribution in [2.75, 3.05) is 23.7 Å². The van der Waals surface area contributed by atoms with E-state index in [9.17, 15) is 22.8 Å². The van der Waals surface area contributed by atoms with E-state index in [4.69, 9.17) is 5.26 Å². The molecule has 0 saturated carbocycles. The molecule has 6 nitrogen and oxygen atoms in total. The van der Waals surface area contributed by atoms with Gasteiger partial charge in [0, 0.05) is 11.4 Å². The van der Waals surface area contributed by atoms with Gasteiger partial charge in [-0.05, 0) is 30.3 Å². The van der Waals surface area contributed by atoms with E-state index in [0.717, 1.165) is 0 Å². The van der Waals surface area contributed by atoms with Crippen LogP contribution in [0, 0.1) is 11.3 Å². The number of amides is 2. The number of para-hydroxylation sites is 1. The van der Waals surface area contributed by atoms with E-state index >= 15 is 0 Å². The summed E-state index contributed by atoms with van der Waals surface area (Å²) in [4.78, 5) is 24.0. The first-order valence-corrected chi connectivity index (χ1v) is 7.76. The summed E-state index contributed by atoms with van der Waals surface area (Å²) in [7, 11) is 0. The Balaban J connectivity index is 1.98. The van der Waals surface area contributed by atoms with Crippen molar-refractivity contribution in [1.29, 1.82) is 5.26 Å². The van der Waals surface area contributed by atoms with Crippen LogP contribution >= 0.6 is 0 Å². The highest BCUT2D eigenvalue weighted by Gasteiger charge is 2.28. The second-order valence-electron chi connectivity index (χ2n) is 5.44. The van der Waals surface area contributed by atoms with Gasteiger partial charge in [0.1, 0.15) is 6.54 Å². The Morgan fingerprint density at radius 3 is 2.52 bits per heavy atom. The van der Waals surface area contributed by atoms with E-state index in [1.165, 1.54) is 24.3 Å². The first kappa shape index (κ1) is 19.8. The van der Waals surface area contributed by atoms with Crippen LogP contribution in [-0.4, -0.2) is 31.1 Å². The Morgan fingerprint density at radius 2 is 1.81 bits per heavy atom. The molecular formula is C18H15F3N4O2. The number of hydrogen-bond acceptors (Lipinski definition) is 4. The highest BCUT2D eigenvalue weighted by molar-refractivity contribution is 6.01. The van der Waals surface area contributed by atoms with Gasteiger partial charge in [-0.2, -0.15) is 18.4 Å². The van der Waals surface area contributed by atoms with Crippen LogP contribution in [-0.2, 0) is 4.79 Å². The lowest BCUT2D eigenvalue weighted by Gasteiger charge is -2.13. The number of rotatable bonds is 6. The maximum absolute atomic E-state index is 12.2. The minimum absolute atomic E-state index is 0.0129. The molecule has 0 fully saturated rings. The number of nitrogens with one attached hydrogen (secondary N) is 3. The Hall–Kier alpha value is -3.54. The third-order valence-electron chi connectivity index (χ3n) is 3.34. The van der Waals surface area contributed by atoms with Gasteiger partial charge in [0.05, 0.1) is 23.7 Å².